The molecule has 0 amide bonds. The molecule has 0 aromatic heterocycles. The van der Waals surface area contributed by atoms with Gasteiger partial charge >= 0.3 is 17.9 Å². The molecule has 26 heavy (non-hydrogen) atoms. The molecule has 0 spiro atoms. The van der Waals surface area contributed by atoms with E-state index >= 15 is 0 Å². The molecule has 8 heteroatoms. The molecule has 0 aromatic carbocycles. The summed E-state index contributed by atoms with van der Waals surface area (Å²) in [6.45, 7) is 5.54. The Kier molecular flexibility index (Phi) is 10.2. The van der Waals surface area contributed by atoms with E-state index < -0.39 is 42.5 Å². The van der Waals surface area contributed by atoms with E-state index in [1.807, 2.05) is 20.8 Å². The zero-order chi connectivity index (χ0) is 19.5. The average Bonchev–Trinajstić information content (AvgIpc) is 2.58. The molecule has 0 unspecified atom stereocenters. The van der Waals surface area contributed by atoms with E-state index in [2.05, 4.69) is 0 Å². The van der Waals surface area contributed by atoms with E-state index in [0.717, 1.165) is 0 Å². The van der Waals surface area contributed by atoms with Gasteiger partial charge in [-0.2, -0.15) is 0 Å². The predicted octanol–water partition coefficient (Wildman–Crippen LogP) is 2.12. The first-order valence-corrected chi connectivity index (χ1v) is 9.19. The number of carbonyl (C=O) groups excluding carboxylic acids is 3. The van der Waals surface area contributed by atoms with Gasteiger partial charge in [0.2, 0.25) is 0 Å². The molecule has 150 valence electrons. The lowest BCUT2D eigenvalue weighted by Gasteiger charge is -2.40. The van der Waals surface area contributed by atoms with Gasteiger partial charge in [-0.1, -0.05) is 20.8 Å². The van der Waals surface area contributed by atoms with Gasteiger partial charge in [-0.3, -0.25) is 14.4 Å². The fourth-order valence-electron chi connectivity index (χ4n) is 2.58. The van der Waals surface area contributed by atoms with Crippen LogP contribution in [0, 0.1) is 0 Å². The van der Waals surface area contributed by atoms with Crippen LogP contribution in [0.2, 0.25) is 0 Å². The van der Waals surface area contributed by atoms with Gasteiger partial charge in [-0.15, -0.1) is 0 Å². The van der Waals surface area contributed by atoms with Gasteiger partial charge in [0.1, 0.15) is 0 Å². The van der Waals surface area contributed by atoms with Gasteiger partial charge in [-0.25, -0.2) is 0 Å². The third-order valence-corrected chi connectivity index (χ3v) is 3.80. The van der Waals surface area contributed by atoms with Gasteiger partial charge in [0.05, 0.1) is 6.61 Å². The summed E-state index contributed by atoms with van der Waals surface area (Å²) in [5.41, 5.74) is 0. The molecule has 4 atom stereocenters. The quantitative estimate of drug-likeness (QED) is 0.424. The van der Waals surface area contributed by atoms with Crippen LogP contribution in [0.25, 0.3) is 0 Å². The topological polar surface area (TPSA) is 97.4 Å². The molecule has 0 aromatic rings. The lowest BCUT2D eigenvalue weighted by atomic mass is 10.0. The predicted molar refractivity (Wildman–Crippen MR) is 91.1 cm³/mol. The minimum atomic E-state index is -1.01. The zero-order valence-corrected chi connectivity index (χ0v) is 16.0. The molecule has 0 aliphatic carbocycles. The maximum atomic E-state index is 12.0. The van der Waals surface area contributed by atoms with Crippen molar-refractivity contribution in [2.24, 2.45) is 0 Å². The number of ether oxygens (including phenoxy) is 5. The summed E-state index contributed by atoms with van der Waals surface area (Å²) >= 11 is 0. The van der Waals surface area contributed by atoms with Crippen LogP contribution in [0.1, 0.15) is 59.3 Å². The van der Waals surface area contributed by atoms with Gasteiger partial charge in [0.25, 0.3) is 0 Å². The van der Waals surface area contributed by atoms with E-state index in [9.17, 15) is 14.4 Å². The highest BCUT2D eigenvalue weighted by molar-refractivity contribution is 5.71. The number of hydrogen-bond acceptors (Lipinski definition) is 8. The van der Waals surface area contributed by atoms with Crippen molar-refractivity contribution in [1.29, 1.82) is 0 Å². The molecule has 1 saturated heterocycles. The summed E-state index contributed by atoms with van der Waals surface area (Å²) in [6.07, 6.45) is -1.25. The first-order valence-electron chi connectivity index (χ1n) is 9.19. The highest BCUT2D eigenvalue weighted by Gasteiger charge is 2.47. The third kappa shape index (κ3) is 6.92. The summed E-state index contributed by atoms with van der Waals surface area (Å²) < 4.78 is 27.1. The molecule has 0 bridgehead atoms. The lowest BCUT2D eigenvalue weighted by Crippen LogP contribution is -2.58. The van der Waals surface area contributed by atoms with Gasteiger partial charge in [0, 0.05) is 26.4 Å². The highest BCUT2D eigenvalue weighted by Crippen LogP contribution is 2.26. The van der Waals surface area contributed by atoms with Crippen LogP contribution in [0.4, 0.5) is 0 Å². The number of hydrogen-bond donors (Lipinski definition) is 0. The Bertz CT molecular complexity index is 464. The first kappa shape index (κ1) is 22.4. The Balaban J connectivity index is 2.98. The second kappa shape index (κ2) is 11.9. The third-order valence-electron chi connectivity index (χ3n) is 3.80. The summed E-state index contributed by atoms with van der Waals surface area (Å²) in [6, 6.07) is 0. The average molecular weight is 374 g/mol. The summed E-state index contributed by atoms with van der Waals surface area (Å²) in [5.74, 6) is -1.34. The molecule has 1 rings (SSSR count). The number of rotatable bonds is 10. The summed E-state index contributed by atoms with van der Waals surface area (Å²) in [4.78, 5) is 35.9. The Labute approximate surface area is 154 Å². The first-order chi connectivity index (χ1) is 12.5. The van der Waals surface area contributed by atoms with Crippen molar-refractivity contribution in [1.82, 2.24) is 0 Å². The van der Waals surface area contributed by atoms with Crippen LogP contribution >= 0.6 is 0 Å². The maximum Gasteiger partial charge on any atom is 0.306 e. The SMILES string of the molecule is CCCC(=O)O[C@@H]1[C@H](OC)OC[C@@H](OC(=O)CCC)[C@H]1OC(=O)CCC. The Morgan fingerprint density at radius 1 is 0.808 bits per heavy atom. The van der Waals surface area contributed by atoms with Crippen LogP contribution in [-0.4, -0.2) is 56.2 Å². The summed E-state index contributed by atoms with van der Waals surface area (Å²) in [7, 11) is 1.40. The van der Waals surface area contributed by atoms with Crippen LogP contribution in [0.3, 0.4) is 0 Å². The normalized spacial score (nSPS) is 25.4. The number of esters is 3. The van der Waals surface area contributed by atoms with Crippen molar-refractivity contribution in [3.05, 3.63) is 0 Å². The maximum absolute atomic E-state index is 12.0. The minimum Gasteiger partial charge on any atom is -0.456 e. The standard InChI is InChI=1S/C18H30O8/c1-5-8-13(19)24-12-11-23-18(22-4)17(26-15(21)10-7-3)16(12)25-14(20)9-6-2/h12,16-18H,5-11H2,1-4H3/t12-,16-,17+,18-/m1/s1. The molecule has 8 nitrogen and oxygen atoms in total. The molecular formula is C18H30O8. The number of methoxy groups -OCH3 is 1. The van der Waals surface area contributed by atoms with Crippen LogP contribution < -0.4 is 0 Å². The van der Waals surface area contributed by atoms with Gasteiger partial charge < -0.3 is 23.7 Å². The molecule has 1 heterocycles. The molecule has 1 aliphatic rings. The second-order valence-electron chi connectivity index (χ2n) is 6.12. The van der Waals surface area contributed by atoms with E-state index in [-0.39, 0.29) is 25.9 Å². The van der Waals surface area contributed by atoms with Crippen LogP contribution in [0.5, 0.6) is 0 Å². The van der Waals surface area contributed by atoms with Crippen molar-refractivity contribution in [3.63, 3.8) is 0 Å². The Morgan fingerprint density at radius 2 is 1.27 bits per heavy atom. The Morgan fingerprint density at radius 3 is 1.73 bits per heavy atom. The largest absolute Gasteiger partial charge is 0.456 e. The molecule has 0 N–H and O–H groups in total. The molecular weight excluding hydrogens is 344 g/mol. The molecule has 0 saturated carbocycles. The van der Waals surface area contributed by atoms with Crippen LogP contribution in [-0.2, 0) is 38.1 Å². The fraction of sp³-hybridized carbons (Fsp3) is 0.833. The van der Waals surface area contributed by atoms with Crippen molar-refractivity contribution in [2.45, 2.75) is 83.9 Å². The van der Waals surface area contributed by atoms with E-state index in [1.165, 1.54) is 7.11 Å². The van der Waals surface area contributed by atoms with Gasteiger partial charge in [-0.05, 0) is 19.3 Å². The smallest absolute Gasteiger partial charge is 0.306 e. The van der Waals surface area contributed by atoms with Gasteiger partial charge in [0.15, 0.2) is 24.6 Å². The minimum absolute atomic E-state index is 0.0140. The Hall–Kier alpha value is -1.67. The fourth-order valence-corrected chi connectivity index (χ4v) is 2.58. The van der Waals surface area contributed by atoms with E-state index in [1.54, 1.807) is 0 Å². The van der Waals surface area contributed by atoms with E-state index in [4.69, 9.17) is 23.7 Å². The van der Waals surface area contributed by atoms with Crippen molar-refractivity contribution < 1.29 is 38.1 Å². The summed E-state index contributed by atoms with van der Waals surface area (Å²) in [5, 5.41) is 0. The molecule has 0 radical (unpaired) electrons. The highest BCUT2D eigenvalue weighted by atomic mass is 16.7. The van der Waals surface area contributed by atoms with Crippen molar-refractivity contribution in [3.8, 4) is 0 Å². The van der Waals surface area contributed by atoms with Crippen molar-refractivity contribution in [2.75, 3.05) is 13.7 Å². The second-order valence-corrected chi connectivity index (χ2v) is 6.12. The molecule has 1 aliphatic heterocycles. The zero-order valence-electron chi connectivity index (χ0n) is 16.0. The van der Waals surface area contributed by atoms with Crippen molar-refractivity contribution >= 4 is 17.9 Å². The monoisotopic (exact) mass is 374 g/mol. The number of carbonyl (C=O) groups is 3. The molecule has 1 fully saturated rings. The van der Waals surface area contributed by atoms with Crippen LogP contribution in [0.15, 0.2) is 0 Å². The van der Waals surface area contributed by atoms with E-state index in [0.29, 0.717) is 19.3 Å². The lowest BCUT2D eigenvalue weighted by molar-refractivity contribution is -0.275.